The van der Waals surface area contributed by atoms with E-state index in [1.165, 1.54) is 12.1 Å². The summed E-state index contributed by atoms with van der Waals surface area (Å²) in [4.78, 5) is 16.3. The summed E-state index contributed by atoms with van der Waals surface area (Å²) in [6.45, 7) is 0. The first-order chi connectivity index (χ1) is 10.7. The summed E-state index contributed by atoms with van der Waals surface area (Å²) in [5.74, 6) is 0.618. The molecule has 0 spiro atoms. The van der Waals surface area contributed by atoms with Crippen molar-refractivity contribution in [3.05, 3.63) is 71.2 Å². The Hall–Kier alpha value is -2.95. The minimum Gasteiger partial charge on any atom is -0.497 e. The minimum atomic E-state index is -0.319. The highest BCUT2D eigenvalue weighted by atomic mass is 19.1. The Bertz CT molecular complexity index is 762. The zero-order valence-electron chi connectivity index (χ0n) is 11.8. The van der Waals surface area contributed by atoms with Crippen LogP contribution >= 0.6 is 0 Å². The Balaban J connectivity index is 1.88. The van der Waals surface area contributed by atoms with Crippen LogP contribution in [0.3, 0.4) is 0 Å². The van der Waals surface area contributed by atoms with Gasteiger partial charge < -0.3 is 10.1 Å². The molecule has 3 rings (SSSR count). The van der Waals surface area contributed by atoms with Crippen molar-refractivity contribution in [3.63, 3.8) is 0 Å². The van der Waals surface area contributed by atoms with E-state index in [0.29, 0.717) is 11.4 Å². The second kappa shape index (κ2) is 5.81. The van der Waals surface area contributed by atoms with Gasteiger partial charge in [-0.05, 0) is 48.0 Å². The number of methoxy groups -OCH3 is 1. The van der Waals surface area contributed by atoms with Crippen LogP contribution in [0.1, 0.15) is 11.1 Å². The predicted molar refractivity (Wildman–Crippen MR) is 82.1 cm³/mol. The highest BCUT2D eigenvalue weighted by molar-refractivity contribution is 6.19. The van der Waals surface area contributed by atoms with E-state index in [4.69, 9.17) is 4.74 Å². The van der Waals surface area contributed by atoms with Gasteiger partial charge in [0.15, 0.2) is 0 Å². The summed E-state index contributed by atoms with van der Waals surface area (Å²) in [7, 11) is 1.59. The average molecular weight is 296 g/mol. The van der Waals surface area contributed by atoms with Crippen molar-refractivity contribution in [2.24, 2.45) is 4.99 Å². The highest BCUT2D eigenvalue weighted by Gasteiger charge is 2.20. The molecule has 0 aromatic heterocycles. The number of carbonyl (C=O) groups excluding carboxylic acids is 1. The number of amidine groups is 1. The van der Waals surface area contributed by atoms with Gasteiger partial charge in [-0.25, -0.2) is 9.38 Å². The van der Waals surface area contributed by atoms with Crippen molar-refractivity contribution in [2.45, 2.75) is 0 Å². The lowest BCUT2D eigenvalue weighted by Crippen LogP contribution is -2.24. The predicted octanol–water partition coefficient (Wildman–Crippen LogP) is 2.75. The number of ether oxygens (including phenoxy) is 1. The van der Waals surface area contributed by atoms with Crippen molar-refractivity contribution in [3.8, 4) is 5.75 Å². The van der Waals surface area contributed by atoms with Gasteiger partial charge in [0.25, 0.3) is 5.91 Å². The van der Waals surface area contributed by atoms with E-state index in [0.717, 1.165) is 11.3 Å². The third-order valence-corrected chi connectivity index (χ3v) is 3.23. The molecule has 2 aromatic carbocycles. The number of amides is 1. The lowest BCUT2D eigenvalue weighted by Gasteiger charge is -2.02. The lowest BCUT2D eigenvalue weighted by atomic mass is 10.2. The van der Waals surface area contributed by atoms with Gasteiger partial charge in [-0.3, -0.25) is 4.79 Å². The summed E-state index contributed by atoms with van der Waals surface area (Å²) in [6.07, 6.45) is 1.62. The van der Waals surface area contributed by atoms with Gasteiger partial charge in [-0.2, -0.15) is 0 Å². The number of hydrogen-bond donors (Lipinski definition) is 1. The molecule has 1 aliphatic heterocycles. The van der Waals surface area contributed by atoms with Crippen molar-refractivity contribution >= 4 is 17.8 Å². The van der Waals surface area contributed by atoms with Crippen LogP contribution in [0.25, 0.3) is 6.08 Å². The van der Waals surface area contributed by atoms with Crippen molar-refractivity contribution in [2.75, 3.05) is 7.11 Å². The third-order valence-electron chi connectivity index (χ3n) is 3.23. The van der Waals surface area contributed by atoms with Gasteiger partial charge in [0.1, 0.15) is 23.1 Å². The molecule has 0 aliphatic carbocycles. The lowest BCUT2D eigenvalue weighted by molar-refractivity contribution is -0.115. The zero-order valence-corrected chi connectivity index (χ0v) is 11.8. The molecule has 0 saturated heterocycles. The van der Waals surface area contributed by atoms with Gasteiger partial charge in [0, 0.05) is 5.56 Å². The van der Waals surface area contributed by atoms with E-state index in [1.807, 2.05) is 12.1 Å². The van der Waals surface area contributed by atoms with Gasteiger partial charge in [0.2, 0.25) is 0 Å². The number of carbonyl (C=O) groups is 1. The molecule has 110 valence electrons. The van der Waals surface area contributed by atoms with E-state index < -0.39 is 0 Å². The molecular weight excluding hydrogens is 283 g/mol. The third kappa shape index (κ3) is 2.88. The van der Waals surface area contributed by atoms with Crippen LogP contribution in [0.4, 0.5) is 4.39 Å². The van der Waals surface area contributed by atoms with Crippen LogP contribution in [0.5, 0.6) is 5.75 Å². The van der Waals surface area contributed by atoms with Crippen molar-refractivity contribution in [1.82, 2.24) is 5.32 Å². The van der Waals surface area contributed by atoms with Crippen LogP contribution < -0.4 is 10.1 Å². The molecule has 5 heteroatoms. The number of benzene rings is 2. The minimum absolute atomic E-state index is 0.282. The fourth-order valence-electron chi connectivity index (χ4n) is 2.07. The van der Waals surface area contributed by atoms with E-state index in [2.05, 4.69) is 10.3 Å². The maximum absolute atomic E-state index is 12.9. The number of hydrogen-bond acceptors (Lipinski definition) is 3. The number of halogens is 1. The quantitative estimate of drug-likeness (QED) is 0.885. The first-order valence-electron chi connectivity index (χ1n) is 6.67. The average Bonchev–Trinajstić information content (AvgIpc) is 2.91. The normalized spacial score (nSPS) is 15.6. The number of aliphatic imine (C=N–C) groups is 1. The SMILES string of the molecule is COc1ccc(C2=N/C(=C\c3ccc(F)cc3)C(=O)N2)cc1. The van der Waals surface area contributed by atoms with Crippen LogP contribution in [0.2, 0.25) is 0 Å². The highest BCUT2D eigenvalue weighted by Crippen LogP contribution is 2.17. The molecule has 1 heterocycles. The Labute approximate surface area is 127 Å². The molecular formula is C17H13FN2O2. The standard InChI is InChI=1S/C17H13FN2O2/c1-22-14-8-4-12(5-9-14)16-19-15(17(21)20-16)10-11-2-6-13(18)7-3-11/h2-10H,1H3,(H,19,20,21)/b15-10-. The molecule has 4 nitrogen and oxygen atoms in total. The number of nitrogens with zero attached hydrogens (tertiary/aromatic N) is 1. The largest absolute Gasteiger partial charge is 0.497 e. The second-order valence-electron chi connectivity index (χ2n) is 4.72. The molecule has 1 N–H and O–H groups in total. The monoisotopic (exact) mass is 296 g/mol. The Kier molecular flexibility index (Phi) is 3.70. The van der Waals surface area contributed by atoms with E-state index in [1.54, 1.807) is 37.5 Å². The maximum atomic E-state index is 12.9. The molecule has 1 amide bonds. The first kappa shape index (κ1) is 14.0. The number of rotatable bonds is 3. The second-order valence-corrected chi connectivity index (χ2v) is 4.72. The molecule has 0 atom stereocenters. The molecule has 0 saturated carbocycles. The van der Waals surface area contributed by atoms with E-state index in [-0.39, 0.29) is 17.4 Å². The van der Waals surface area contributed by atoms with E-state index >= 15 is 0 Å². The van der Waals surface area contributed by atoms with Gasteiger partial charge in [0.05, 0.1) is 7.11 Å². The topological polar surface area (TPSA) is 50.7 Å². The smallest absolute Gasteiger partial charge is 0.275 e. The van der Waals surface area contributed by atoms with Crippen molar-refractivity contribution in [1.29, 1.82) is 0 Å². The van der Waals surface area contributed by atoms with Gasteiger partial charge >= 0.3 is 0 Å². The van der Waals surface area contributed by atoms with Crippen LogP contribution in [0.15, 0.2) is 59.2 Å². The van der Waals surface area contributed by atoms with Gasteiger partial charge in [-0.15, -0.1) is 0 Å². The molecule has 0 fully saturated rings. The van der Waals surface area contributed by atoms with Crippen molar-refractivity contribution < 1.29 is 13.9 Å². The van der Waals surface area contributed by atoms with Gasteiger partial charge in [-0.1, -0.05) is 12.1 Å². The molecule has 22 heavy (non-hydrogen) atoms. The summed E-state index contributed by atoms with van der Waals surface area (Å²) in [5.41, 5.74) is 1.79. The maximum Gasteiger partial charge on any atom is 0.275 e. The molecule has 0 bridgehead atoms. The Morgan fingerprint density at radius 1 is 1.09 bits per heavy atom. The Morgan fingerprint density at radius 2 is 1.77 bits per heavy atom. The van der Waals surface area contributed by atoms with Crippen LogP contribution in [0, 0.1) is 5.82 Å². The summed E-state index contributed by atoms with van der Waals surface area (Å²) >= 11 is 0. The van der Waals surface area contributed by atoms with E-state index in [9.17, 15) is 9.18 Å². The first-order valence-corrected chi connectivity index (χ1v) is 6.67. The van der Waals surface area contributed by atoms with Crippen LogP contribution in [-0.4, -0.2) is 18.9 Å². The molecule has 2 aromatic rings. The molecule has 0 unspecified atom stereocenters. The summed E-state index contributed by atoms with van der Waals surface area (Å²) < 4.78 is 18.0. The Morgan fingerprint density at radius 3 is 2.41 bits per heavy atom. The zero-order chi connectivity index (χ0) is 15.5. The molecule has 0 radical (unpaired) electrons. The fourth-order valence-corrected chi connectivity index (χ4v) is 2.07. The summed E-state index contributed by atoms with van der Waals surface area (Å²) in [5, 5.41) is 2.72. The summed E-state index contributed by atoms with van der Waals surface area (Å²) in [6, 6.07) is 13.1. The molecule has 1 aliphatic rings. The fraction of sp³-hybridized carbons (Fsp3) is 0.0588. The number of nitrogens with one attached hydrogen (secondary N) is 1. The van der Waals surface area contributed by atoms with Crippen LogP contribution in [-0.2, 0) is 4.79 Å².